The van der Waals surface area contributed by atoms with Gasteiger partial charge in [0.15, 0.2) is 0 Å². The summed E-state index contributed by atoms with van der Waals surface area (Å²) < 4.78 is 10.3. The molecule has 98 valence electrons. The Balaban J connectivity index is 2.26. The Morgan fingerprint density at radius 1 is 1.22 bits per heavy atom. The van der Waals surface area contributed by atoms with Gasteiger partial charge in [0.2, 0.25) is 0 Å². The molecule has 1 fully saturated rings. The number of aliphatic carboxylic acids is 1. The summed E-state index contributed by atoms with van der Waals surface area (Å²) in [5.74, 6) is -0.185. The average Bonchev–Trinajstić information content (AvgIpc) is 2.33. The van der Waals surface area contributed by atoms with Crippen LogP contribution < -0.4 is 9.47 Å². The number of ether oxygens (including phenoxy) is 2. The maximum Gasteiger partial charge on any atom is 0.306 e. The van der Waals surface area contributed by atoms with E-state index in [0.29, 0.717) is 17.1 Å². The molecule has 0 heterocycles. The van der Waals surface area contributed by atoms with Crippen LogP contribution in [-0.4, -0.2) is 30.4 Å². The molecule has 18 heavy (non-hydrogen) atoms. The van der Waals surface area contributed by atoms with Crippen LogP contribution in [0.2, 0.25) is 0 Å². The van der Waals surface area contributed by atoms with Crippen molar-refractivity contribution in [2.45, 2.75) is 18.4 Å². The van der Waals surface area contributed by atoms with Crippen molar-refractivity contribution in [1.29, 1.82) is 0 Å². The zero-order chi connectivity index (χ0) is 13.3. The molecular formula is C13H16O5. The molecule has 2 N–H and O–H groups in total. The molecule has 0 amide bonds. The van der Waals surface area contributed by atoms with E-state index >= 15 is 0 Å². The second-order valence-corrected chi connectivity index (χ2v) is 4.58. The fraction of sp³-hybridized carbons (Fsp3) is 0.462. The smallest absolute Gasteiger partial charge is 0.306 e. The molecule has 1 aromatic carbocycles. The van der Waals surface area contributed by atoms with Gasteiger partial charge < -0.3 is 19.7 Å². The standard InChI is InChI=1S/C13H16O5/c1-17-10-3-9(4-11(5-10)18-2)13(16)6-8(7-13)12(14)15/h3-5,8,16H,6-7H2,1-2H3,(H,14,15). The van der Waals surface area contributed by atoms with Gasteiger partial charge in [-0.2, -0.15) is 0 Å². The maximum atomic E-state index is 10.8. The Labute approximate surface area is 105 Å². The number of carboxylic acid groups (broad SMARTS) is 1. The molecule has 1 aliphatic carbocycles. The van der Waals surface area contributed by atoms with Crippen LogP contribution >= 0.6 is 0 Å². The van der Waals surface area contributed by atoms with Gasteiger partial charge in [-0.1, -0.05) is 0 Å². The average molecular weight is 252 g/mol. The molecule has 0 bridgehead atoms. The van der Waals surface area contributed by atoms with E-state index in [-0.39, 0.29) is 12.8 Å². The third kappa shape index (κ3) is 2.13. The summed E-state index contributed by atoms with van der Waals surface area (Å²) in [5.41, 5.74) is -0.457. The van der Waals surface area contributed by atoms with E-state index in [9.17, 15) is 9.90 Å². The van der Waals surface area contributed by atoms with Crippen LogP contribution in [0, 0.1) is 5.92 Å². The number of hydrogen-bond acceptors (Lipinski definition) is 4. The highest BCUT2D eigenvalue weighted by molar-refractivity contribution is 5.72. The van der Waals surface area contributed by atoms with Crippen molar-refractivity contribution in [2.24, 2.45) is 5.92 Å². The van der Waals surface area contributed by atoms with E-state index in [1.165, 1.54) is 14.2 Å². The number of rotatable bonds is 4. The first-order valence-corrected chi connectivity index (χ1v) is 5.67. The highest BCUT2D eigenvalue weighted by atomic mass is 16.5. The van der Waals surface area contributed by atoms with Crippen LogP contribution in [0.3, 0.4) is 0 Å². The van der Waals surface area contributed by atoms with Gasteiger partial charge in [-0.05, 0) is 30.5 Å². The first kappa shape index (κ1) is 12.7. The molecule has 1 saturated carbocycles. The van der Waals surface area contributed by atoms with Crippen molar-refractivity contribution in [3.63, 3.8) is 0 Å². The van der Waals surface area contributed by atoms with E-state index in [0.717, 1.165) is 0 Å². The largest absolute Gasteiger partial charge is 0.497 e. The van der Waals surface area contributed by atoms with Gasteiger partial charge in [0.05, 0.1) is 25.7 Å². The third-order valence-corrected chi connectivity index (χ3v) is 3.41. The monoisotopic (exact) mass is 252 g/mol. The van der Waals surface area contributed by atoms with E-state index in [4.69, 9.17) is 14.6 Å². The Kier molecular flexibility index (Phi) is 3.17. The fourth-order valence-electron chi connectivity index (χ4n) is 2.24. The van der Waals surface area contributed by atoms with Gasteiger partial charge in [-0.15, -0.1) is 0 Å². The summed E-state index contributed by atoms with van der Waals surface area (Å²) in [5, 5.41) is 19.2. The second kappa shape index (κ2) is 4.49. The highest BCUT2D eigenvalue weighted by Gasteiger charge is 2.47. The maximum absolute atomic E-state index is 10.8. The number of methoxy groups -OCH3 is 2. The number of carboxylic acids is 1. The zero-order valence-electron chi connectivity index (χ0n) is 10.3. The van der Waals surface area contributed by atoms with Crippen molar-refractivity contribution in [2.75, 3.05) is 14.2 Å². The highest BCUT2D eigenvalue weighted by Crippen LogP contribution is 2.47. The zero-order valence-corrected chi connectivity index (χ0v) is 10.3. The number of benzene rings is 1. The molecule has 1 aliphatic rings. The van der Waals surface area contributed by atoms with Gasteiger partial charge in [0.1, 0.15) is 11.5 Å². The summed E-state index contributed by atoms with van der Waals surface area (Å²) in [4.78, 5) is 10.8. The van der Waals surface area contributed by atoms with Crippen LogP contribution in [0.1, 0.15) is 18.4 Å². The Morgan fingerprint density at radius 2 is 1.72 bits per heavy atom. The van der Waals surface area contributed by atoms with Crippen molar-refractivity contribution < 1.29 is 24.5 Å². The van der Waals surface area contributed by atoms with Crippen molar-refractivity contribution in [3.8, 4) is 11.5 Å². The summed E-state index contributed by atoms with van der Waals surface area (Å²) in [6.07, 6.45) is 0.442. The number of aliphatic hydroxyl groups is 1. The van der Waals surface area contributed by atoms with Crippen LogP contribution in [0.4, 0.5) is 0 Å². The fourth-order valence-corrected chi connectivity index (χ4v) is 2.24. The summed E-state index contributed by atoms with van der Waals surface area (Å²) in [6, 6.07) is 5.13. The molecule has 5 heteroatoms. The lowest BCUT2D eigenvalue weighted by Gasteiger charge is -2.42. The molecule has 2 rings (SSSR count). The summed E-state index contributed by atoms with van der Waals surface area (Å²) in [7, 11) is 3.06. The Hall–Kier alpha value is -1.75. The van der Waals surface area contributed by atoms with Gasteiger partial charge >= 0.3 is 5.97 Å². The molecule has 0 radical (unpaired) electrons. The Bertz CT molecular complexity index is 440. The lowest BCUT2D eigenvalue weighted by atomic mass is 9.67. The minimum atomic E-state index is -1.09. The van der Waals surface area contributed by atoms with Gasteiger partial charge in [-0.25, -0.2) is 0 Å². The number of hydrogen-bond donors (Lipinski definition) is 2. The lowest BCUT2D eigenvalue weighted by molar-refractivity contribution is -0.159. The molecule has 0 unspecified atom stereocenters. The molecular weight excluding hydrogens is 236 g/mol. The molecule has 5 nitrogen and oxygen atoms in total. The van der Waals surface area contributed by atoms with Gasteiger partial charge in [0.25, 0.3) is 0 Å². The molecule has 1 aromatic rings. The first-order chi connectivity index (χ1) is 8.48. The van der Waals surface area contributed by atoms with Gasteiger partial charge in [-0.3, -0.25) is 4.79 Å². The van der Waals surface area contributed by atoms with E-state index in [1.807, 2.05) is 0 Å². The normalized spacial score (nSPS) is 26.3. The predicted molar refractivity (Wildman–Crippen MR) is 63.8 cm³/mol. The lowest BCUT2D eigenvalue weighted by Crippen LogP contribution is -2.44. The van der Waals surface area contributed by atoms with Crippen LogP contribution in [0.25, 0.3) is 0 Å². The van der Waals surface area contributed by atoms with Crippen molar-refractivity contribution in [3.05, 3.63) is 23.8 Å². The van der Waals surface area contributed by atoms with E-state index in [1.54, 1.807) is 18.2 Å². The van der Waals surface area contributed by atoms with Crippen LogP contribution in [0.15, 0.2) is 18.2 Å². The van der Waals surface area contributed by atoms with E-state index in [2.05, 4.69) is 0 Å². The predicted octanol–water partition coefficient (Wildman–Crippen LogP) is 1.39. The van der Waals surface area contributed by atoms with Gasteiger partial charge in [0, 0.05) is 6.07 Å². The SMILES string of the molecule is COc1cc(OC)cc(C2(O)CC(C(=O)O)C2)c1. The molecule has 0 spiro atoms. The van der Waals surface area contributed by atoms with Crippen LogP contribution in [0.5, 0.6) is 11.5 Å². The second-order valence-electron chi connectivity index (χ2n) is 4.58. The minimum absolute atomic E-state index is 0.221. The molecule has 0 atom stereocenters. The topological polar surface area (TPSA) is 76.0 Å². The van der Waals surface area contributed by atoms with Crippen LogP contribution in [-0.2, 0) is 10.4 Å². The minimum Gasteiger partial charge on any atom is -0.497 e. The summed E-state index contributed by atoms with van der Waals surface area (Å²) in [6.45, 7) is 0. The Morgan fingerprint density at radius 3 is 2.11 bits per heavy atom. The number of carbonyl (C=O) groups is 1. The molecule has 0 aromatic heterocycles. The van der Waals surface area contributed by atoms with Crippen molar-refractivity contribution in [1.82, 2.24) is 0 Å². The van der Waals surface area contributed by atoms with E-state index < -0.39 is 17.5 Å². The first-order valence-electron chi connectivity index (χ1n) is 5.67. The molecule has 0 aliphatic heterocycles. The third-order valence-electron chi connectivity index (χ3n) is 3.41. The molecule has 0 saturated heterocycles. The quantitative estimate of drug-likeness (QED) is 0.846. The summed E-state index contributed by atoms with van der Waals surface area (Å²) >= 11 is 0. The van der Waals surface area contributed by atoms with Crippen molar-refractivity contribution >= 4 is 5.97 Å².